The Balaban J connectivity index is 3.24. The summed E-state index contributed by atoms with van der Waals surface area (Å²) in [6.45, 7) is 5.11. The van der Waals surface area contributed by atoms with Gasteiger partial charge in [0.15, 0.2) is 0 Å². The van der Waals surface area contributed by atoms with Crippen LogP contribution in [-0.4, -0.2) is 33.1 Å². The fourth-order valence-corrected chi connectivity index (χ4v) is 1.75. The van der Waals surface area contributed by atoms with Gasteiger partial charge in [-0.05, 0) is 20.8 Å². The van der Waals surface area contributed by atoms with Crippen LogP contribution in [-0.2, 0) is 4.79 Å². The van der Waals surface area contributed by atoms with Gasteiger partial charge in [0.05, 0.1) is 9.95 Å². The van der Waals surface area contributed by atoms with Crippen molar-refractivity contribution in [2.45, 2.75) is 26.3 Å². The Morgan fingerprint density at radius 3 is 2.53 bits per heavy atom. The number of anilines is 1. The van der Waals surface area contributed by atoms with Crippen molar-refractivity contribution in [3.05, 3.63) is 27.4 Å². The molecule has 1 N–H and O–H groups in total. The van der Waals surface area contributed by atoms with E-state index in [9.17, 15) is 14.9 Å². The van der Waals surface area contributed by atoms with E-state index >= 15 is 0 Å². The van der Waals surface area contributed by atoms with Gasteiger partial charge in [0.1, 0.15) is 18.6 Å². The quantitative estimate of drug-likeness (QED) is 0.674. The van der Waals surface area contributed by atoms with Crippen LogP contribution in [0.3, 0.4) is 0 Å². The van der Waals surface area contributed by atoms with E-state index in [1.165, 1.54) is 4.90 Å². The summed E-state index contributed by atoms with van der Waals surface area (Å²) in [5.74, 6) is -0.826. The van der Waals surface area contributed by atoms with Gasteiger partial charge in [-0.25, -0.2) is 4.98 Å². The number of carboxylic acid groups (broad SMARTS) is 1. The molecule has 1 aromatic heterocycles. The smallest absolute Gasteiger partial charge is 0.323 e. The molecule has 0 bridgehead atoms. The largest absolute Gasteiger partial charge is 0.480 e. The van der Waals surface area contributed by atoms with Crippen molar-refractivity contribution in [3.63, 3.8) is 0 Å². The lowest BCUT2D eigenvalue weighted by molar-refractivity contribution is -0.385. The summed E-state index contributed by atoms with van der Waals surface area (Å²) in [7, 11) is 0. The third kappa shape index (κ3) is 3.78. The Kier molecular flexibility index (Phi) is 4.31. The van der Waals surface area contributed by atoms with Crippen LogP contribution in [0.5, 0.6) is 0 Å². The Morgan fingerprint density at radius 1 is 1.58 bits per heavy atom. The Bertz CT molecular complexity index is 513. The minimum atomic E-state index is -1.04. The van der Waals surface area contributed by atoms with Gasteiger partial charge in [0.25, 0.3) is 5.69 Å². The molecule has 1 rings (SSSR count). The second-order valence-corrected chi connectivity index (χ2v) is 5.31. The van der Waals surface area contributed by atoms with E-state index in [0.29, 0.717) is 0 Å². The van der Waals surface area contributed by atoms with E-state index in [0.717, 1.165) is 12.3 Å². The number of hydrogen-bond donors (Lipinski definition) is 1. The van der Waals surface area contributed by atoms with Crippen molar-refractivity contribution >= 4 is 29.1 Å². The first-order valence-corrected chi connectivity index (χ1v) is 5.80. The molecular weight excluding hydrogens is 274 g/mol. The number of halogens is 1. The molecular formula is C11H14ClN3O4. The predicted octanol–water partition coefficient (Wildman–Crippen LogP) is 2.33. The zero-order chi connectivity index (χ0) is 14.8. The summed E-state index contributed by atoms with van der Waals surface area (Å²) in [6, 6.07) is 1.16. The van der Waals surface area contributed by atoms with E-state index < -0.39 is 16.4 Å². The number of rotatable bonds is 4. The standard InChI is InChI=1S/C11H14ClN3O4/c1-11(2,3)14(6-9(16)17)10-8(12)4-7(5-13-10)15(18)19/h4-5H,6H2,1-3H3,(H,16,17). The summed E-state index contributed by atoms with van der Waals surface area (Å²) in [5, 5.41) is 19.6. The molecule has 0 atom stereocenters. The van der Waals surface area contributed by atoms with Gasteiger partial charge in [-0.1, -0.05) is 11.6 Å². The molecule has 7 nitrogen and oxygen atoms in total. The Labute approximate surface area is 115 Å². The van der Waals surface area contributed by atoms with Crippen LogP contribution in [0.15, 0.2) is 12.3 Å². The molecule has 19 heavy (non-hydrogen) atoms. The molecule has 0 aromatic carbocycles. The number of carbonyl (C=O) groups is 1. The number of nitrogens with zero attached hydrogens (tertiary/aromatic N) is 3. The Morgan fingerprint density at radius 2 is 2.16 bits per heavy atom. The zero-order valence-corrected chi connectivity index (χ0v) is 11.5. The number of aliphatic carboxylic acids is 1. The summed E-state index contributed by atoms with van der Waals surface area (Å²) in [6.07, 6.45) is 1.06. The third-order valence-corrected chi connectivity index (χ3v) is 2.66. The minimum absolute atomic E-state index is 0.0466. The maximum atomic E-state index is 10.9. The molecule has 0 radical (unpaired) electrons. The monoisotopic (exact) mass is 287 g/mol. The third-order valence-electron chi connectivity index (χ3n) is 2.38. The number of hydrogen-bond acceptors (Lipinski definition) is 5. The van der Waals surface area contributed by atoms with E-state index in [2.05, 4.69) is 4.98 Å². The molecule has 0 aliphatic carbocycles. The molecule has 0 unspecified atom stereocenters. The molecule has 1 aromatic rings. The molecule has 0 spiro atoms. The van der Waals surface area contributed by atoms with Gasteiger partial charge in [-0.15, -0.1) is 0 Å². The van der Waals surface area contributed by atoms with E-state index in [4.69, 9.17) is 16.7 Å². The summed E-state index contributed by atoms with van der Waals surface area (Å²) < 4.78 is 0. The molecule has 0 amide bonds. The second-order valence-electron chi connectivity index (χ2n) is 4.91. The highest BCUT2D eigenvalue weighted by Gasteiger charge is 2.27. The molecule has 1 heterocycles. The molecule has 0 fully saturated rings. The summed E-state index contributed by atoms with van der Waals surface area (Å²) in [5.41, 5.74) is -0.775. The van der Waals surface area contributed by atoms with Crippen molar-refractivity contribution in [1.82, 2.24) is 4.98 Å². The molecule has 8 heteroatoms. The number of aromatic nitrogens is 1. The second kappa shape index (κ2) is 5.40. The van der Waals surface area contributed by atoms with E-state index in [-0.39, 0.29) is 23.1 Å². The van der Waals surface area contributed by atoms with Crippen LogP contribution in [0.2, 0.25) is 5.02 Å². The van der Waals surface area contributed by atoms with Gasteiger partial charge >= 0.3 is 5.97 Å². The average molecular weight is 288 g/mol. The van der Waals surface area contributed by atoms with Crippen LogP contribution in [0, 0.1) is 10.1 Å². The highest BCUT2D eigenvalue weighted by atomic mass is 35.5. The van der Waals surface area contributed by atoms with Gasteiger partial charge in [0, 0.05) is 11.6 Å². The predicted molar refractivity (Wildman–Crippen MR) is 70.6 cm³/mol. The SMILES string of the molecule is CC(C)(C)N(CC(=O)O)c1ncc([N+](=O)[O-])cc1Cl. The first-order chi connectivity index (χ1) is 8.62. The van der Waals surface area contributed by atoms with E-state index in [1.807, 2.05) is 0 Å². The fraction of sp³-hybridized carbons (Fsp3) is 0.455. The van der Waals surface area contributed by atoms with Crippen molar-refractivity contribution < 1.29 is 14.8 Å². The maximum absolute atomic E-state index is 10.9. The first kappa shape index (κ1) is 15.2. The number of carboxylic acids is 1. The van der Waals surface area contributed by atoms with Crippen LogP contribution in [0.1, 0.15) is 20.8 Å². The van der Waals surface area contributed by atoms with Gasteiger partial charge < -0.3 is 10.0 Å². The topological polar surface area (TPSA) is 96.6 Å². The first-order valence-electron chi connectivity index (χ1n) is 5.42. The van der Waals surface area contributed by atoms with Gasteiger partial charge in [0.2, 0.25) is 0 Å². The van der Waals surface area contributed by atoms with Gasteiger partial charge in [-0.2, -0.15) is 0 Å². The molecule has 0 saturated heterocycles. The summed E-state index contributed by atoms with van der Waals surface area (Å²) in [4.78, 5) is 26.3. The molecule has 0 saturated carbocycles. The van der Waals surface area contributed by atoms with Gasteiger partial charge in [-0.3, -0.25) is 14.9 Å². The van der Waals surface area contributed by atoms with Crippen LogP contribution >= 0.6 is 11.6 Å². The zero-order valence-electron chi connectivity index (χ0n) is 10.8. The minimum Gasteiger partial charge on any atom is -0.480 e. The van der Waals surface area contributed by atoms with Crippen molar-refractivity contribution in [2.75, 3.05) is 11.4 Å². The highest BCUT2D eigenvalue weighted by Crippen LogP contribution is 2.31. The van der Waals surface area contributed by atoms with E-state index in [1.54, 1.807) is 20.8 Å². The maximum Gasteiger partial charge on any atom is 0.323 e. The molecule has 0 aliphatic rings. The molecule has 0 aliphatic heterocycles. The van der Waals surface area contributed by atoms with Crippen molar-refractivity contribution in [1.29, 1.82) is 0 Å². The number of nitro groups is 1. The van der Waals surface area contributed by atoms with Crippen molar-refractivity contribution in [2.24, 2.45) is 0 Å². The molecule has 104 valence electrons. The van der Waals surface area contributed by atoms with Crippen molar-refractivity contribution in [3.8, 4) is 0 Å². The highest BCUT2D eigenvalue weighted by molar-refractivity contribution is 6.33. The van der Waals surface area contributed by atoms with Crippen LogP contribution in [0.25, 0.3) is 0 Å². The lowest BCUT2D eigenvalue weighted by Crippen LogP contribution is -2.45. The lowest BCUT2D eigenvalue weighted by Gasteiger charge is -2.35. The Hall–Kier alpha value is -1.89. The van der Waals surface area contributed by atoms with Crippen LogP contribution in [0.4, 0.5) is 11.5 Å². The van der Waals surface area contributed by atoms with Crippen LogP contribution < -0.4 is 4.90 Å². The fourth-order valence-electron chi connectivity index (χ4n) is 1.48. The lowest BCUT2D eigenvalue weighted by atomic mass is 10.1. The normalized spacial score (nSPS) is 11.2. The summed E-state index contributed by atoms with van der Waals surface area (Å²) >= 11 is 5.96. The number of pyridine rings is 1. The average Bonchev–Trinajstić information content (AvgIpc) is 2.24.